The van der Waals surface area contributed by atoms with E-state index in [4.69, 9.17) is 5.11 Å². The van der Waals surface area contributed by atoms with Crippen molar-refractivity contribution in [3.05, 3.63) is 29.6 Å². The molecule has 0 amide bonds. The van der Waals surface area contributed by atoms with Crippen molar-refractivity contribution in [2.24, 2.45) is 5.92 Å². The fourth-order valence-corrected chi connectivity index (χ4v) is 4.02. The van der Waals surface area contributed by atoms with Gasteiger partial charge >= 0.3 is 0 Å². The zero-order valence-electron chi connectivity index (χ0n) is 11.5. The number of sulfonamides is 1. The SMILES string of the molecule is CN(CC1CCCC1)S(=O)(=O)c1cc(CO)ccc1F. The van der Waals surface area contributed by atoms with Crippen LogP contribution in [-0.4, -0.2) is 31.4 Å². The van der Waals surface area contributed by atoms with Crippen LogP contribution in [0.1, 0.15) is 31.2 Å². The van der Waals surface area contributed by atoms with Gasteiger partial charge in [0.15, 0.2) is 0 Å². The molecule has 0 atom stereocenters. The Bertz CT molecular complexity index is 568. The minimum absolute atomic E-state index is 0.310. The Labute approximate surface area is 119 Å². The molecular weight excluding hydrogens is 281 g/mol. The molecule has 0 aliphatic heterocycles. The summed E-state index contributed by atoms with van der Waals surface area (Å²) in [4.78, 5) is -0.357. The summed E-state index contributed by atoms with van der Waals surface area (Å²) in [6, 6.07) is 3.67. The lowest BCUT2D eigenvalue weighted by molar-refractivity contribution is 0.281. The summed E-state index contributed by atoms with van der Waals surface area (Å²) >= 11 is 0. The molecule has 1 aliphatic carbocycles. The maximum absolute atomic E-state index is 13.8. The summed E-state index contributed by atoms with van der Waals surface area (Å²) in [6.45, 7) is 0.111. The Morgan fingerprint density at radius 2 is 2.00 bits per heavy atom. The standard InChI is InChI=1S/C14H20FNO3S/c1-16(9-11-4-2-3-5-11)20(18,19)14-8-12(10-17)6-7-13(14)15/h6-8,11,17H,2-5,9-10H2,1H3. The Morgan fingerprint density at radius 3 is 2.60 bits per heavy atom. The average Bonchev–Trinajstić information content (AvgIpc) is 2.92. The summed E-state index contributed by atoms with van der Waals surface area (Å²) in [5.41, 5.74) is 0.388. The van der Waals surface area contributed by atoms with Crippen LogP contribution in [0.4, 0.5) is 4.39 Å². The van der Waals surface area contributed by atoms with Crippen LogP contribution in [0.2, 0.25) is 0 Å². The van der Waals surface area contributed by atoms with Crippen LogP contribution in [-0.2, 0) is 16.6 Å². The summed E-state index contributed by atoms with van der Waals surface area (Å²) in [5.74, 6) is -0.417. The van der Waals surface area contributed by atoms with Gasteiger partial charge in [0, 0.05) is 13.6 Å². The molecule has 0 saturated heterocycles. The molecule has 0 heterocycles. The molecule has 112 valence electrons. The largest absolute Gasteiger partial charge is 0.392 e. The van der Waals surface area contributed by atoms with E-state index < -0.39 is 15.8 Å². The second-order valence-corrected chi connectivity index (χ2v) is 7.37. The molecule has 0 bridgehead atoms. The van der Waals surface area contributed by atoms with Gasteiger partial charge in [-0.25, -0.2) is 17.1 Å². The maximum atomic E-state index is 13.8. The van der Waals surface area contributed by atoms with Crippen molar-refractivity contribution in [1.29, 1.82) is 0 Å². The molecule has 0 aromatic heterocycles. The zero-order valence-corrected chi connectivity index (χ0v) is 12.4. The summed E-state index contributed by atoms with van der Waals surface area (Å²) in [5, 5.41) is 9.06. The van der Waals surface area contributed by atoms with E-state index in [2.05, 4.69) is 0 Å². The predicted molar refractivity (Wildman–Crippen MR) is 74.1 cm³/mol. The van der Waals surface area contributed by atoms with Gasteiger partial charge in [-0.3, -0.25) is 0 Å². The number of aliphatic hydroxyl groups is 1. The quantitative estimate of drug-likeness (QED) is 0.906. The lowest BCUT2D eigenvalue weighted by atomic mass is 10.1. The first-order valence-corrected chi connectivity index (χ1v) is 8.25. The van der Waals surface area contributed by atoms with E-state index in [-0.39, 0.29) is 11.5 Å². The molecule has 2 rings (SSSR count). The first kappa shape index (κ1) is 15.4. The molecule has 1 N–H and O–H groups in total. The highest BCUT2D eigenvalue weighted by molar-refractivity contribution is 7.89. The first-order chi connectivity index (χ1) is 9.45. The van der Waals surface area contributed by atoms with Gasteiger partial charge in [0.25, 0.3) is 0 Å². The van der Waals surface area contributed by atoms with E-state index in [1.807, 2.05) is 0 Å². The van der Waals surface area contributed by atoms with Gasteiger partial charge in [0.1, 0.15) is 10.7 Å². The number of halogens is 1. The van der Waals surface area contributed by atoms with E-state index in [1.54, 1.807) is 0 Å². The van der Waals surface area contributed by atoms with Gasteiger partial charge in [-0.05, 0) is 36.5 Å². The van der Waals surface area contributed by atoms with E-state index in [0.717, 1.165) is 31.7 Å². The van der Waals surface area contributed by atoms with Crippen LogP contribution in [0.25, 0.3) is 0 Å². The van der Waals surface area contributed by atoms with E-state index in [1.165, 1.54) is 23.5 Å². The van der Waals surface area contributed by atoms with Crippen molar-refractivity contribution in [3.63, 3.8) is 0 Å². The van der Waals surface area contributed by atoms with Crippen LogP contribution >= 0.6 is 0 Å². The van der Waals surface area contributed by atoms with Crippen LogP contribution in [0.15, 0.2) is 23.1 Å². The van der Waals surface area contributed by atoms with Crippen LogP contribution in [0.5, 0.6) is 0 Å². The van der Waals surface area contributed by atoms with E-state index in [9.17, 15) is 12.8 Å². The van der Waals surface area contributed by atoms with Gasteiger partial charge in [-0.15, -0.1) is 0 Å². The molecular formula is C14H20FNO3S. The van der Waals surface area contributed by atoms with Gasteiger partial charge < -0.3 is 5.11 Å². The molecule has 0 spiro atoms. The van der Waals surface area contributed by atoms with Gasteiger partial charge in [0.2, 0.25) is 10.0 Å². The van der Waals surface area contributed by atoms with Crippen molar-refractivity contribution in [2.45, 2.75) is 37.2 Å². The van der Waals surface area contributed by atoms with Crippen molar-refractivity contribution >= 4 is 10.0 Å². The monoisotopic (exact) mass is 301 g/mol. The van der Waals surface area contributed by atoms with Gasteiger partial charge in [-0.1, -0.05) is 18.9 Å². The number of hydrogen-bond donors (Lipinski definition) is 1. The summed E-state index contributed by atoms with van der Waals surface area (Å²) in [7, 11) is -2.36. The van der Waals surface area contributed by atoms with Crippen molar-refractivity contribution in [1.82, 2.24) is 4.31 Å². The minimum atomic E-state index is -3.84. The topological polar surface area (TPSA) is 57.6 Å². The molecule has 4 nitrogen and oxygen atoms in total. The molecule has 6 heteroatoms. The number of aliphatic hydroxyl groups excluding tert-OH is 1. The fraction of sp³-hybridized carbons (Fsp3) is 0.571. The number of benzene rings is 1. The third-order valence-corrected chi connectivity index (χ3v) is 5.69. The number of hydrogen-bond acceptors (Lipinski definition) is 3. The van der Waals surface area contributed by atoms with Gasteiger partial charge in [0.05, 0.1) is 6.61 Å². The molecule has 0 unspecified atom stereocenters. The van der Waals surface area contributed by atoms with E-state index >= 15 is 0 Å². The second kappa shape index (κ2) is 6.20. The Hall–Kier alpha value is -0.980. The highest BCUT2D eigenvalue weighted by atomic mass is 32.2. The Kier molecular flexibility index (Phi) is 4.78. The molecule has 1 saturated carbocycles. The average molecular weight is 301 g/mol. The van der Waals surface area contributed by atoms with Crippen LogP contribution in [0, 0.1) is 11.7 Å². The Morgan fingerprint density at radius 1 is 1.35 bits per heavy atom. The number of nitrogens with zero attached hydrogens (tertiary/aromatic N) is 1. The van der Waals surface area contributed by atoms with Crippen LogP contribution < -0.4 is 0 Å². The van der Waals surface area contributed by atoms with E-state index in [0.29, 0.717) is 18.0 Å². The highest BCUT2D eigenvalue weighted by Crippen LogP contribution is 2.27. The first-order valence-electron chi connectivity index (χ1n) is 6.81. The predicted octanol–water partition coefficient (Wildman–Crippen LogP) is 2.13. The highest BCUT2D eigenvalue weighted by Gasteiger charge is 2.28. The lowest BCUT2D eigenvalue weighted by Crippen LogP contribution is -2.31. The normalized spacial score (nSPS) is 17.0. The third kappa shape index (κ3) is 3.19. The van der Waals surface area contributed by atoms with Crippen molar-refractivity contribution in [3.8, 4) is 0 Å². The van der Waals surface area contributed by atoms with Crippen molar-refractivity contribution in [2.75, 3.05) is 13.6 Å². The lowest BCUT2D eigenvalue weighted by Gasteiger charge is -2.21. The molecule has 1 aromatic rings. The Balaban J connectivity index is 2.24. The smallest absolute Gasteiger partial charge is 0.245 e. The maximum Gasteiger partial charge on any atom is 0.245 e. The minimum Gasteiger partial charge on any atom is -0.392 e. The third-order valence-electron chi connectivity index (χ3n) is 3.86. The molecule has 1 fully saturated rings. The van der Waals surface area contributed by atoms with Crippen molar-refractivity contribution < 1.29 is 17.9 Å². The van der Waals surface area contributed by atoms with Gasteiger partial charge in [-0.2, -0.15) is 0 Å². The fourth-order valence-electron chi connectivity index (χ4n) is 2.67. The second-order valence-electron chi connectivity index (χ2n) is 5.36. The summed E-state index contributed by atoms with van der Waals surface area (Å²) in [6.07, 6.45) is 4.32. The van der Waals surface area contributed by atoms with Crippen LogP contribution in [0.3, 0.4) is 0 Å². The zero-order chi connectivity index (χ0) is 14.8. The number of rotatable bonds is 5. The molecule has 0 radical (unpaired) electrons. The summed E-state index contributed by atoms with van der Waals surface area (Å²) < 4.78 is 39.8. The molecule has 1 aliphatic rings. The molecule has 1 aromatic carbocycles. The molecule has 20 heavy (non-hydrogen) atoms.